The highest BCUT2D eigenvalue weighted by atomic mass is 35.5. The van der Waals surface area contributed by atoms with Crippen molar-refractivity contribution in [3.05, 3.63) is 71.1 Å². The van der Waals surface area contributed by atoms with Crippen molar-refractivity contribution in [2.24, 2.45) is 5.73 Å². The zero-order valence-electron chi connectivity index (χ0n) is 11.2. The molecule has 2 aromatic carbocycles. The molecule has 0 saturated carbocycles. The second-order valence-corrected chi connectivity index (χ2v) is 5.18. The van der Waals surface area contributed by atoms with Crippen LogP contribution in [0, 0.1) is 0 Å². The lowest BCUT2D eigenvalue weighted by Crippen LogP contribution is -2.13. The van der Waals surface area contributed by atoms with E-state index in [1.165, 1.54) is 0 Å². The Balaban J connectivity index is 1.75. The van der Waals surface area contributed by atoms with E-state index in [2.05, 4.69) is 10.1 Å². The van der Waals surface area contributed by atoms with Gasteiger partial charge in [0.15, 0.2) is 0 Å². The molecule has 0 radical (unpaired) electrons. The molecule has 0 spiro atoms. The summed E-state index contributed by atoms with van der Waals surface area (Å²) in [5.74, 6) is 1.07. The Morgan fingerprint density at radius 2 is 1.76 bits per heavy atom. The first-order valence-electron chi connectivity index (χ1n) is 6.61. The van der Waals surface area contributed by atoms with Crippen molar-refractivity contribution < 1.29 is 4.52 Å². The lowest BCUT2D eigenvalue weighted by molar-refractivity contribution is 0.370. The molecule has 3 rings (SSSR count). The van der Waals surface area contributed by atoms with Gasteiger partial charge in [-0.25, -0.2) is 0 Å². The molecular weight excluding hydrogens is 286 g/mol. The van der Waals surface area contributed by atoms with Crippen LogP contribution in [-0.4, -0.2) is 10.1 Å². The predicted molar refractivity (Wildman–Crippen MR) is 81.8 cm³/mol. The SMILES string of the molecule is N[C@H](Cc1nc(-c2ccc(Cl)cc2)no1)c1ccccc1. The van der Waals surface area contributed by atoms with E-state index in [4.69, 9.17) is 21.9 Å². The number of nitrogens with two attached hydrogens (primary N) is 1. The summed E-state index contributed by atoms with van der Waals surface area (Å²) >= 11 is 5.86. The summed E-state index contributed by atoms with van der Waals surface area (Å²) < 4.78 is 5.27. The summed E-state index contributed by atoms with van der Waals surface area (Å²) in [5, 5.41) is 4.65. The molecule has 0 saturated heterocycles. The van der Waals surface area contributed by atoms with Gasteiger partial charge in [0.2, 0.25) is 11.7 Å². The maximum Gasteiger partial charge on any atom is 0.228 e. The Labute approximate surface area is 127 Å². The molecule has 0 bridgehead atoms. The number of hydrogen-bond donors (Lipinski definition) is 1. The van der Waals surface area contributed by atoms with Crippen LogP contribution in [0.1, 0.15) is 17.5 Å². The number of halogens is 1. The van der Waals surface area contributed by atoms with Crippen molar-refractivity contribution in [3.8, 4) is 11.4 Å². The van der Waals surface area contributed by atoms with Crippen LogP contribution >= 0.6 is 11.6 Å². The van der Waals surface area contributed by atoms with Crippen molar-refractivity contribution in [3.63, 3.8) is 0 Å². The summed E-state index contributed by atoms with van der Waals surface area (Å²) in [6, 6.07) is 17.0. The van der Waals surface area contributed by atoms with Crippen LogP contribution in [0.15, 0.2) is 59.1 Å². The van der Waals surface area contributed by atoms with Gasteiger partial charge in [0, 0.05) is 23.0 Å². The van der Waals surface area contributed by atoms with E-state index >= 15 is 0 Å². The average Bonchev–Trinajstić information content (AvgIpc) is 2.97. The molecule has 0 aliphatic rings. The van der Waals surface area contributed by atoms with Crippen LogP contribution in [0.4, 0.5) is 0 Å². The van der Waals surface area contributed by atoms with E-state index in [1.54, 1.807) is 12.1 Å². The van der Waals surface area contributed by atoms with Crippen LogP contribution in [0.25, 0.3) is 11.4 Å². The molecular formula is C16H14ClN3O. The van der Waals surface area contributed by atoms with Crippen LogP contribution < -0.4 is 5.73 Å². The van der Waals surface area contributed by atoms with Crippen LogP contribution in [-0.2, 0) is 6.42 Å². The molecule has 0 amide bonds. The number of nitrogens with zero attached hydrogens (tertiary/aromatic N) is 2. The van der Waals surface area contributed by atoms with Gasteiger partial charge in [0.25, 0.3) is 0 Å². The molecule has 21 heavy (non-hydrogen) atoms. The Morgan fingerprint density at radius 1 is 1.05 bits per heavy atom. The second-order valence-electron chi connectivity index (χ2n) is 4.74. The minimum absolute atomic E-state index is 0.162. The van der Waals surface area contributed by atoms with Gasteiger partial charge in [-0.3, -0.25) is 0 Å². The van der Waals surface area contributed by atoms with E-state index < -0.39 is 0 Å². The predicted octanol–water partition coefficient (Wildman–Crippen LogP) is 3.63. The minimum atomic E-state index is -0.162. The first-order chi connectivity index (χ1) is 10.2. The third-order valence-corrected chi connectivity index (χ3v) is 3.44. The van der Waals surface area contributed by atoms with E-state index in [-0.39, 0.29) is 6.04 Å². The highest BCUT2D eigenvalue weighted by Crippen LogP contribution is 2.20. The summed E-state index contributed by atoms with van der Waals surface area (Å²) in [5.41, 5.74) is 8.06. The Kier molecular flexibility index (Phi) is 3.99. The van der Waals surface area contributed by atoms with Crippen molar-refractivity contribution >= 4 is 11.6 Å². The second kappa shape index (κ2) is 6.08. The highest BCUT2D eigenvalue weighted by Gasteiger charge is 2.13. The standard InChI is InChI=1S/C16H14ClN3O/c17-13-8-6-12(7-9-13)16-19-15(21-20-16)10-14(18)11-4-2-1-3-5-11/h1-9,14H,10,18H2/t14-/m1/s1. The third-order valence-electron chi connectivity index (χ3n) is 3.19. The van der Waals surface area contributed by atoms with E-state index in [9.17, 15) is 0 Å². The van der Waals surface area contributed by atoms with Gasteiger partial charge < -0.3 is 10.3 Å². The van der Waals surface area contributed by atoms with Gasteiger partial charge in [-0.05, 0) is 29.8 Å². The fourth-order valence-corrected chi connectivity index (χ4v) is 2.19. The topological polar surface area (TPSA) is 64.9 Å². The molecule has 3 aromatic rings. The molecule has 5 heteroatoms. The quantitative estimate of drug-likeness (QED) is 0.799. The molecule has 2 N–H and O–H groups in total. The van der Waals surface area contributed by atoms with Gasteiger partial charge in [-0.15, -0.1) is 0 Å². The summed E-state index contributed by atoms with van der Waals surface area (Å²) in [6.45, 7) is 0. The van der Waals surface area contributed by atoms with Crippen molar-refractivity contribution in [2.75, 3.05) is 0 Å². The van der Waals surface area contributed by atoms with E-state index in [0.717, 1.165) is 11.1 Å². The average molecular weight is 300 g/mol. The summed E-state index contributed by atoms with van der Waals surface area (Å²) in [7, 11) is 0. The smallest absolute Gasteiger partial charge is 0.228 e. The maximum atomic E-state index is 6.15. The van der Waals surface area contributed by atoms with Gasteiger partial charge in [-0.2, -0.15) is 4.98 Å². The molecule has 0 unspecified atom stereocenters. The van der Waals surface area contributed by atoms with Crippen molar-refractivity contribution in [2.45, 2.75) is 12.5 Å². The van der Waals surface area contributed by atoms with Crippen LogP contribution in [0.2, 0.25) is 5.02 Å². The van der Waals surface area contributed by atoms with Gasteiger partial charge in [0.1, 0.15) is 0 Å². The molecule has 0 aliphatic heterocycles. The number of benzene rings is 2. The summed E-state index contributed by atoms with van der Waals surface area (Å²) in [6.07, 6.45) is 0.505. The summed E-state index contributed by atoms with van der Waals surface area (Å²) in [4.78, 5) is 4.37. The first kappa shape index (κ1) is 13.8. The fraction of sp³-hybridized carbons (Fsp3) is 0.125. The van der Waals surface area contributed by atoms with Gasteiger partial charge >= 0.3 is 0 Å². The zero-order valence-corrected chi connectivity index (χ0v) is 12.0. The lowest BCUT2D eigenvalue weighted by atomic mass is 10.1. The normalized spacial score (nSPS) is 12.3. The Morgan fingerprint density at radius 3 is 2.48 bits per heavy atom. The van der Waals surface area contributed by atoms with Crippen LogP contribution in [0.3, 0.4) is 0 Å². The van der Waals surface area contributed by atoms with E-state index in [1.807, 2.05) is 42.5 Å². The van der Waals surface area contributed by atoms with Crippen LogP contribution in [0.5, 0.6) is 0 Å². The lowest BCUT2D eigenvalue weighted by Gasteiger charge is -2.08. The minimum Gasteiger partial charge on any atom is -0.339 e. The molecule has 1 heterocycles. The molecule has 0 fully saturated rings. The molecule has 1 aromatic heterocycles. The Bertz CT molecular complexity index is 710. The third kappa shape index (κ3) is 3.29. The zero-order chi connectivity index (χ0) is 14.7. The molecule has 4 nitrogen and oxygen atoms in total. The highest BCUT2D eigenvalue weighted by molar-refractivity contribution is 6.30. The van der Waals surface area contributed by atoms with E-state index in [0.29, 0.717) is 23.2 Å². The molecule has 0 aliphatic carbocycles. The van der Waals surface area contributed by atoms with Gasteiger partial charge in [-0.1, -0.05) is 47.1 Å². The fourth-order valence-electron chi connectivity index (χ4n) is 2.06. The number of rotatable bonds is 4. The largest absolute Gasteiger partial charge is 0.339 e. The first-order valence-corrected chi connectivity index (χ1v) is 6.99. The number of aromatic nitrogens is 2. The Hall–Kier alpha value is -2.17. The van der Waals surface area contributed by atoms with Crippen molar-refractivity contribution in [1.82, 2.24) is 10.1 Å². The maximum absolute atomic E-state index is 6.15. The van der Waals surface area contributed by atoms with Gasteiger partial charge in [0.05, 0.1) is 0 Å². The molecule has 1 atom stereocenters. The van der Waals surface area contributed by atoms with Crippen molar-refractivity contribution in [1.29, 1.82) is 0 Å². The number of hydrogen-bond acceptors (Lipinski definition) is 4. The monoisotopic (exact) mass is 299 g/mol. The molecule has 106 valence electrons.